The number of hydrogen-bond acceptors (Lipinski definition) is 3. The number of furan rings is 1. The first-order valence-electron chi connectivity index (χ1n) is 8.00. The summed E-state index contributed by atoms with van der Waals surface area (Å²) in [6, 6.07) is 14.6. The molecule has 26 heavy (non-hydrogen) atoms. The Kier molecular flexibility index (Phi) is 5.39. The van der Waals surface area contributed by atoms with Gasteiger partial charge in [-0.3, -0.25) is 9.59 Å². The number of rotatable bonds is 4. The summed E-state index contributed by atoms with van der Waals surface area (Å²) in [6.45, 7) is 2.03. The second-order valence-corrected chi connectivity index (χ2v) is 6.17. The van der Waals surface area contributed by atoms with E-state index in [1.165, 1.54) is 0 Å². The highest BCUT2D eigenvalue weighted by Crippen LogP contribution is 2.23. The maximum Gasteiger partial charge on any atom is 0.313 e. The van der Waals surface area contributed by atoms with Crippen LogP contribution in [0.25, 0.3) is 11.1 Å². The zero-order valence-corrected chi connectivity index (χ0v) is 14.8. The molecule has 2 N–H and O–H groups in total. The van der Waals surface area contributed by atoms with E-state index in [1.54, 1.807) is 37.6 Å². The molecule has 0 saturated heterocycles. The summed E-state index contributed by atoms with van der Waals surface area (Å²) >= 11 is 6.01. The molecule has 0 spiro atoms. The quantitative estimate of drug-likeness (QED) is 0.679. The lowest BCUT2D eigenvalue weighted by Crippen LogP contribution is -2.35. The van der Waals surface area contributed by atoms with Crippen molar-refractivity contribution in [2.24, 2.45) is 0 Å². The minimum Gasteiger partial charge on any atom is -0.472 e. The van der Waals surface area contributed by atoms with Gasteiger partial charge in [0.2, 0.25) is 0 Å². The van der Waals surface area contributed by atoms with Crippen LogP contribution < -0.4 is 10.6 Å². The fraction of sp³-hybridized carbons (Fsp3) is 0.100. The summed E-state index contributed by atoms with van der Waals surface area (Å²) in [4.78, 5) is 24.0. The van der Waals surface area contributed by atoms with Crippen LogP contribution in [0.5, 0.6) is 0 Å². The summed E-state index contributed by atoms with van der Waals surface area (Å²) in [5.41, 5.74) is 4.12. The van der Waals surface area contributed by atoms with E-state index in [0.717, 1.165) is 16.7 Å². The molecule has 0 radical (unpaired) electrons. The third kappa shape index (κ3) is 4.13. The van der Waals surface area contributed by atoms with E-state index in [2.05, 4.69) is 10.6 Å². The van der Waals surface area contributed by atoms with Crippen molar-refractivity contribution in [3.63, 3.8) is 0 Å². The molecule has 5 nitrogen and oxygen atoms in total. The highest BCUT2D eigenvalue weighted by molar-refractivity contribution is 6.40. The van der Waals surface area contributed by atoms with Gasteiger partial charge in [-0.2, -0.15) is 0 Å². The first-order chi connectivity index (χ1) is 12.5. The lowest BCUT2D eigenvalue weighted by molar-refractivity contribution is -0.136. The topological polar surface area (TPSA) is 71.3 Å². The summed E-state index contributed by atoms with van der Waals surface area (Å²) in [6.07, 6.45) is 3.28. The van der Waals surface area contributed by atoms with Crippen LogP contribution in [-0.2, 0) is 16.1 Å². The van der Waals surface area contributed by atoms with Crippen molar-refractivity contribution in [1.82, 2.24) is 5.32 Å². The Hall–Kier alpha value is -3.05. The smallest absolute Gasteiger partial charge is 0.313 e. The standard InChI is InChI=1S/C20H17ClN2O3/c1-13-17(21)3-2-4-18(13)23-20(25)19(24)22-11-14-5-7-15(8-6-14)16-9-10-26-12-16/h2-10,12H,11H2,1H3,(H,22,24)(H,23,25). The minimum absolute atomic E-state index is 0.256. The van der Waals surface area contributed by atoms with Crippen molar-refractivity contribution in [2.45, 2.75) is 13.5 Å². The molecule has 0 aliphatic rings. The van der Waals surface area contributed by atoms with E-state index in [4.69, 9.17) is 16.0 Å². The fourth-order valence-corrected chi connectivity index (χ4v) is 2.60. The average Bonchev–Trinajstić information content (AvgIpc) is 3.18. The van der Waals surface area contributed by atoms with Gasteiger partial charge in [-0.15, -0.1) is 0 Å². The maximum atomic E-state index is 12.0. The number of amides is 2. The van der Waals surface area contributed by atoms with Crippen LogP contribution in [-0.4, -0.2) is 11.8 Å². The molecule has 0 saturated carbocycles. The number of anilines is 1. The lowest BCUT2D eigenvalue weighted by Gasteiger charge is -2.10. The van der Waals surface area contributed by atoms with Gasteiger partial charge in [-0.05, 0) is 41.8 Å². The molecule has 132 valence electrons. The zero-order valence-electron chi connectivity index (χ0n) is 14.1. The first kappa shape index (κ1) is 17.8. The third-order valence-corrected chi connectivity index (χ3v) is 4.39. The molecule has 3 aromatic rings. The van der Waals surface area contributed by atoms with Crippen LogP contribution in [0.2, 0.25) is 5.02 Å². The predicted molar refractivity (Wildman–Crippen MR) is 101 cm³/mol. The van der Waals surface area contributed by atoms with Crippen molar-refractivity contribution in [2.75, 3.05) is 5.32 Å². The molecule has 0 unspecified atom stereocenters. The Morgan fingerprint density at radius 2 is 1.77 bits per heavy atom. The maximum absolute atomic E-state index is 12.0. The van der Waals surface area contributed by atoms with Gasteiger partial charge in [-0.25, -0.2) is 0 Å². The van der Waals surface area contributed by atoms with E-state index >= 15 is 0 Å². The Labute approximate surface area is 156 Å². The molecule has 0 bridgehead atoms. The Morgan fingerprint density at radius 1 is 1.00 bits per heavy atom. The van der Waals surface area contributed by atoms with Gasteiger partial charge >= 0.3 is 11.8 Å². The average molecular weight is 369 g/mol. The monoisotopic (exact) mass is 368 g/mol. The molecule has 3 rings (SSSR count). The van der Waals surface area contributed by atoms with Crippen molar-refractivity contribution >= 4 is 29.1 Å². The van der Waals surface area contributed by atoms with Crippen LogP contribution in [0.1, 0.15) is 11.1 Å². The second kappa shape index (κ2) is 7.89. The van der Waals surface area contributed by atoms with E-state index in [9.17, 15) is 9.59 Å². The number of carbonyl (C=O) groups is 2. The van der Waals surface area contributed by atoms with Gasteiger partial charge in [0.25, 0.3) is 0 Å². The fourth-order valence-electron chi connectivity index (χ4n) is 2.43. The molecule has 1 aromatic heterocycles. The van der Waals surface area contributed by atoms with Crippen molar-refractivity contribution in [3.05, 3.63) is 77.2 Å². The van der Waals surface area contributed by atoms with E-state index in [0.29, 0.717) is 16.3 Å². The molecular weight excluding hydrogens is 352 g/mol. The summed E-state index contributed by atoms with van der Waals surface area (Å²) in [7, 11) is 0. The highest BCUT2D eigenvalue weighted by atomic mass is 35.5. The third-order valence-electron chi connectivity index (χ3n) is 3.98. The Balaban J connectivity index is 1.56. The van der Waals surface area contributed by atoms with Gasteiger partial charge in [0.15, 0.2) is 0 Å². The molecule has 0 aliphatic heterocycles. The Bertz CT molecular complexity index is 919. The van der Waals surface area contributed by atoms with Gasteiger partial charge in [-0.1, -0.05) is 41.9 Å². The molecule has 0 fully saturated rings. The van der Waals surface area contributed by atoms with Gasteiger partial charge in [0.1, 0.15) is 0 Å². The van der Waals surface area contributed by atoms with Crippen molar-refractivity contribution in [3.8, 4) is 11.1 Å². The Morgan fingerprint density at radius 3 is 2.46 bits per heavy atom. The minimum atomic E-state index is -0.731. The molecule has 2 amide bonds. The van der Waals surface area contributed by atoms with Gasteiger partial charge < -0.3 is 15.1 Å². The predicted octanol–water partition coefficient (Wildman–Crippen LogP) is 4.16. The molecule has 2 aromatic carbocycles. The molecule has 1 heterocycles. The molecule has 0 aliphatic carbocycles. The number of hydrogen-bond donors (Lipinski definition) is 2. The van der Waals surface area contributed by atoms with E-state index in [-0.39, 0.29) is 6.54 Å². The first-order valence-corrected chi connectivity index (χ1v) is 8.38. The second-order valence-electron chi connectivity index (χ2n) is 5.76. The highest BCUT2D eigenvalue weighted by Gasteiger charge is 2.15. The summed E-state index contributed by atoms with van der Waals surface area (Å²) in [5, 5.41) is 5.70. The summed E-state index contributed by atoms with van der Waals surface area (Å²) in [5.74, 6) is -1.44. The molecular formula is C20H17ClN2O3. The van der Waals surface area contributed by atoms with Gasteiger partial charge in [0, 0.05) is 22.8 Å². The number of nitrogens with one attached hydrogen (secondary N) is 2. The zero-order chi connectivity index (χ0) is 18.5. The number of carbonyl (C=O) groups excluding carboxylic acids is 2. The van der Waals surface area contributed by atoms with E-state index in [1.807, 2.05) is 30.3 Å². The normalized spacial score (nSPS) is 10.4. The van der Waals surface area contributed by atoms with Crippen LogP contribution in [0.15, 0.2) is 65.5 Å². The van der Waals surface area contributed by atoms with E-state index < -0.39 is 11.8 Å². The largest absolute Gasteiger partial charge is 0.472 e. The number of benzene rings is 2. The SMILES string of the molecule is Cc1c(Cl)cccc1NC(=O)C(=O)NCc1ccc(-c2ccoc2)cc1. The van der Waals surface area contributed by atoms with Crippen molar-refractivity contribution < 1.29 is 14.0 Å². The molecule has 0 atom stereocenters. The van der Waals surface area contributed by atoms with Crippen molar-refractivity contribution in [1.29, 1.82) is 0 Å². The summed E-state index contributed by atoms with van der Waals surface area (Å²) < 4.78 is 5.06. The van der Waals surface area contributed by atoms with Crippen LogP contribution in [0, 0.1) is 6.92 Å². The lowest BCUT2D eigenvalue weighted by atomic mass is 10.1. The van der Waals surface area contributed by atoms with Crippen LogP contribution in [0.4, 0.5) is 5.69 Å². The number of halogens is 1. The van der Waals surface area contributed by atoms with Gasteiger partial charge in [0.05, 0.1) is 12.5 Å². The van der Waals surface area contributed by atoms with Crippen LogP contribution in [0.3, 0.4) is 0 Å². The molecule has 6 heteroatoms. The van der Waals surface area contributed by atoms with Crippen LogP contribution >= 0.6 is 11.6 Å².